The number of nitrogens with two attached hydrogens (primary N) is 1. The summed E-state index contributed by atoms with van der Waals surface area (Å²) in [5.74, 6) is 0.336. The number of rotatable bonds is 4. The Hall–Kier alpha value is -1.31. The molecular weight excluding hydrogens is 290 g/mol. The fraction of sp³-hybridized carbons (Fsp3) is 0.571. The second-order valence-corrected chi connectivity index (χ2v) is 7.35. The summed E-state index contributed by atoms with van der Waals surface area (Å²) >= 11 is 0. The van der Waals surface area contributed by atoms with Crippen LogP contribution in [-0.4, -0.2) is 39.8 Å². The second-order valence-electron chi connectivity index (χ2n) is 5.49. The largest absolute Gasteiger partial charge is 0.398 e. The predicted octanol–water partition coefficient (Wildman–Crippen LogP) is 0.774. The van der Waals surface area contributed by atoms with Crippen molar-refractivity contribution < 1.29 is 13.5 Å². The first-order chi connectivity index (χ1) is 9.85. The van der Waals surface area contributed by atoms with Crippen LogP contribution in [0.25, 0.3) is 0 Å². The molecule has 21 heavy (non-hydrogen) atoms. The molecule has 0 bridgehead atoms. The fourth-order valence-electron chi connectivity index (χ4n) is 2.73. The Balaban J connectivity index is 2.15. The molecule has 1 aliphatic rings. The van der Waals surface area contributed by atoms with Crippen LogP contribution >= 0.6 is 0 Å². The van der Waals surface area contributed by atoms with E-state index in [1.807, 2.05) is 6.92 Å². The average Bonchev–Trinajstić information content (AvgIpc) is 2.47. The molecule has 1 aliphatic heterocycles. The van der Waals surface area contributed by atoms with Gasteiger partial charge in [-0.25, -0.2) is 13.1 Å². The molecule has 118 valence electrons. The van der Waals surface area contributed by atoms with E-state index < -0.39 is 10.0 Å². The van der Waals surface area contributed by atoms with Crippen LogP contribution in [0.5, 0.6) is 0 Å². The third-order valence-corrected chi connectivity index (χ3v) is 5.63. The number of sulfonamides is 1. The Kier molecular flexibility index (Phi) is 4.75. The minimum atomic E-state index is -3.52. The standard InChI is InChI=1S/C14H23N3O3S/c1-10(18)11-5-7-17(8-6-11)12-3-4-14(13(15)9-12)21(19,20)16-2/h3-4,9-11,16,18H,5-8,15H2,1-2H3. The van der Waals surface area contributed by atoms with Crippen LogP contribution in [0.15, 0.2) is 23.1 Å². The van der Waals surface area contributed by atoms with Gasteiger partial charge in [-0.1, -0.05) is 0 Å². The van der Waals surface area contributed by atoms with Crippen LogP contribution in [0.3, 0.4) is 0 Å². The van der Waals surface area contributed by atoms with Crippen LogP contribution in [0.4, 0.5) is 11.4 Å². The van der Waals surface area contributed by atoms with E-state index in [0.29, 0.717) is 5.92 Å². The number of aliphatic hydroxyl groups excluding tert-OH is 1. The topological polar surface area (TPSA) is 95.7 Å². The number of nitrogens with zero attached hydrogens (tertiary/aromatic N) is 1. The lowest BCUT2D eigenvalue weighted by atomic mass is 9.92. The third-order valence-electron chi connectivity index (χ3n) is 4.14. The van der Waals surface area contributed by atoms with E-state index in [1.165, 1.54) is 13.1 Å². The van der Waals surface area contributed by atoms with E-state index >= 15 is 0 Å². The molecule has 1 saturated heterocycles. The first-order valence-corrected chi connectivity index (χ1v) is 8.59. The van der Waals surface area contributed by atoms with Crippen LogP contribution in [-0.2, 0) is 10.0 Å². The van der Waals surface area contributed by atoms with Gasteiger partial charge in [-0.2, -0.15) is 0 Å². The molecule has 1 unspecified atom stereocenters. The zero-order valence-electron chi connectivity index (χ0n) is 12.4. The van der Waals surface area contributed by atoms with Crippen LogP contribution < -0.4 is 15.4 Å². The molecule has 0 saturated carbocycles. The Labute approximate surface area is 126 Å². The third kappa shape index (κ3) is 3.48. The molecule has 0 radical (unpaired) electrons. The summed E-state index contributed by atoms with van der Waals surface area (Å²) in [5.41, 5.74) is 7.05. The highest BCUT2D eigenvalue weighted by Gasteiger charge is 2.23. The number of benzene rings is 1. The van der Waals surface area contributed by atoms with Crippen LogP contribution in [0, 0.1) is 5.92 Å². The molecule has 1 aromatic rings. The van der Waals surface area contributed by atoms with E-state index in [4.69, 9.17) is 5.73 Å². The van der Waals surface area contributed by atoms with Crippen molar-refractivity contribution in [2.75, 3.05) is 30.8 Å². The van der Waals surface area contributed by atoms with Crippen LogP contribution in [0.1, 0.15) is 19.8 Å². The van der Waals surface area contributed by atoms with Gasteiger partial charge in [-0.05, 0) is 50.9 Å². The molecule has 1 fully saturated rings. The number of nitrogens with one attached hydrogen (secondary N) is 1. The monoisotopic (exact) mass is 313 g/mol. The van der Waals surface area contributed by atoms with Gasteiger partial charge >= 0.3 is 0 Å². The molecule has 1 atom stereocenters. The highest BCUT2D eigenvalue weighted by molar-refractivity contribution is 7.89. The van der Waals surface area contributed by atoms with Crippen molar-refractivity contribution in [3.8, 4) is 0 Å². The van der Waals surface area contributed by atoms with Crippen molar-refractivity contribution in [2.45, 2.75) is 30.8 Å². The zero-order valence-corrected chi connectivity index (χ0v) is 13.2. The molecular formula is C14H23N3O3S. The smallest absolute Gasteiger partial charge is 0.242 e. The molecule has 6 nitrogen and oxygen atoms in total. The summed E-state index contributed by atoms with van der Waals surface area (Å²) in [5, 5.41) is 9.62. The quantitative estimate of drug-likeness (QED) is 0.714. The summed E-state index contributed by atoms with van der Waals surface area (Å²) in [6.45, 7) is 3.51. The summed E-state index contributed by atoms with van der Waals surface area (Å²) in [4.78, 5) is 2.28. The lowest BCUT2D eigenvalue weighted by Crippen LogP contribution is -2.37. The number of aliphatic hydroxyl groups is 1. The Morgan fingerprint density at radius 1 is 1.38 bits per heavy atom. The first kappa shape index (κ1) is 16.1. The minimum Gasteiger partial charge on any atom is -0.398 e. The van der Waals surface area contributed by atoms with Gasteiger partial charge in [-0.15, -0.1) is 0 Å². The van der Waals surface area contributed by atoms with Gasteiger partial charge in [0.1, 0.15) is 4.90 Å². The lowest BCUT2D eigenvalue weighted by Gasteiger charge is -2.35. The Morgan fingerprint density at radius 2 is 2.00 bits per heavy atom. The highest BCUT2D eigenvalue weighted by atomic mass is 32.2. The SMILES string of the molecule is CNS(=O)(=O)c1ccc(N2CCC(C(C)O)CC2)cc1N. The van der Waals surface area contributed by atoms with Crippen molar-refractivity contribution in [2.24, 2.45) is 5.92 Å². The highest BCUT2D eigenvalue weighted by Crippen LogP contribution is 2.29. The summed E-state index contributed by atoms with van der Waals surface area (Å²) in [6.07, 6.45) is 1.57. The second kappa shape index (κ2) is 6.21. The maximum Gasteiger partial charge on any atom is 0.242 e. The van der Waals surface area contributed by atoms with Gasteiger partial charge in [0.25, 0.3) is 0 Å². The molecule has 0 aromatic heterocycles. The molecule has 0 spiro atoms. The molecule has 4 N–H and O–H groups in total. The van der Waals surface area contributed by atoms with E-state index in [-0.39, 0.29) is 16.7 Å². The van der Waals surface area contributed by atoms with Gasteiger partial charge in [0.15, 0.2) is 0 Å². The lowest BCUT2D eigenvalue weighted by molar-refractivity contribution is 0.110. The zero-order chi connectivity index (χ0) is 15.6. The minimum absolute atomic E-state index is 0.104. The number of anilines is 2. The van der Waals surface area contributed by atoms with Crippen molar-refractivity contribution in [3.63, 3.8) is 0 Å². The van der Waals surface area contributed by atoms with E-state index in [2.05, 4.69) is 9.62 Å². The maximum atomic E-state index is 11.8. The van der Waals surface area contributed by atoms with Crippen LogP contribution in [0.2, 0.25) is 0 Å². The molecule has 0 amide bonds. The molecule has 2 rings (SSSR count). The van der Waals surface area contributed by atoms with Gasteiger partial charge in [-0.3, -0.25) is 0 Å². The van der Waals surface area contributed by atoms with Crippen molar-refractivity contribution in [1.82, 2.24) is 4.72 Å². The summed E-state index contributed by atoms with van der Waals surface area (Å²) in [7, 11) is -2.16. The number of hydrogen-bond acceptors (Lipinski definition) is 5. The van der Waals surface area contributed by atoms with Crippen molar-refractivity contribution >= 4 is 21.4 Å². The van der Waals surface area contributed by atoms with E-state index in [1.54, 1.807) is 12.1 Å². The van der Waals surface area contributed by atoms with Gasteiger partial charge in [0.05, 0.1) is 11.8 Å². The van der Waals surface area contributed by atoms with Crippen molar-refractivity contribution in [3.05, 3.63) is 18.2 Å². The van der Waals surface area contributed by atoms with Crippen molar-refractivity contribution in [1.29, 1.82) is 0 Å². The Bertz CT molecular complexity index is 593. The summed E-state index contributed by atoms with van der Waals surface area (Å²) < 4.78 is 25.9. The van der Waals surface area contributed by atoms with E-state index in [0.717, 1.165) is 31.6 Å². The molecule has 0 aliphatic carbocycles. The number of hydrogen-bond donors (Lipinski definition) is 3. The maximum absolute atomic E-state index is 11.8. The fourth-order valence-corrected chi connectivity index (χ4v) is 3.56. The number of nitrogen functional groups attached to an aromatic ring is 1. The van der Waals surface area contributed by atoms with Gasteiger partial charge in [0.2, 0.25) is 10.0 Å². The molecule has 1 heterocycles. The first-order valence-electron chi connectivity index (χ1n) is 7.11. The molecule has 1 aromatic carbocycles. The average molecular weight is 313 g/mol. The predicted molar refractivity (Wildman–Crippen MR) is 83.7 cm³/mol. The van der Waals surface area contributed by atoms with E-state index in [9.17, 15) is 13.5 Å². The van der Waals surface area contributed by atoms with Gasteiger partial charge < -0.3 is 15.7 Å². The number of piperidine rings is 1. The van der Waals surface area contributed by atoms with Gasteiger partial charge in [0, 0.05) is 18.8 Å². The Morgan fingerprint density at radius 3 is 2.48 bits per heavy atom. The molecule has 7 heteroatoms. The normalized spacial score (nSPS) is 18.7. The summed E-state index contributed by atoms with van der Waals surface area (Å²) in [6, 6.07) is 5.02.